The van der Waals surface area contributed by atoms with Crippen molar-refractivity contribution in [1.82, 2.24) is 15.2 Å². The minimum atomic E-state index is -0.179. The van der Waals surface area contributed by atoms with Crippen molar-refractivity contribution in [3.8, 4) is 0 Å². The lowest BCUT2D eigenvalue weighted by molar-refractivity contribution is 0.152. The molecular formula is C20H20FN3. The molecule has 1 aliphatic rings. The van der Waals surface area contributed by atoms with Crippen LogP contribution in [-0.4, -0.2) is 29.5 Å². The lowest BCUT2D eigenvalue weighted by atomic mass is 10.0. The Labute approximate surface area is 141 Å². The third kappa shape index (κ3) is 3.16. The van der Waals surface area contributed by atoms with Gasteiger partial charge in [-0.05, 0) is 29.8 Å². The maximum atomic E-state index is 13.6. The molecule has 2 aromatic carbocycles. The normalized spacial score (nSPS) is 18.8. The number of para-hydroxylation sites is 1. The van der Waals surface area contributed by atoms with Crippen LogP contribution in [0, 0.1) is 5.82 Å². The van der Waals surface area contributed by atoms with Crippen molar-refractivity contribution in [2.45, 2.75) is 12.6 Å². The number of hydrogen-bond donors (Lipinski definition) is 1. The highest BCUT2D eigenvalue weighted by molar-refractivity contribution is 5.78. The van der Waals surface area contributed by atoms with Crippen molar-refractivity contribution < 1.29 is 4.39 Å². The van der Waals surface area contributed by atoms with Gasteiger partial charge in [-0.25, -0.2) is 4.39 Å². The van der Waals surface area contributed by atoms with E-state index in [9.17, 15) is 4.39 Å². The van der Waals surface area contributed by atoms with Crippen molar-refractivity contribution in [1.29, 1.82) is 0 Å². The van der Waals surface area contributed by atoms with Crippen LogP contribution in [0.3, 0.4) is 0 Å². The maximum absolute atomic E-state index is 13.6. The first-order chi connectivity index (χ1) is 11.8. The molecule has 0 radical (unpaired) electrons. The molecule has 3 nitrogen and oxygen atoms in total. The number of nitrogens with one attached hydrogen (secondary N) is 1. The molecule has 1 atom stereocenters. The molecule has 4 rings (SSSR count). The van der Waals surface area contributed by atoms with Gasteiger partial charge in [-0.3, -0.25) is 9.88 Å². The summed E-state index contributed by atoms with van der Waals surface area (Å²) in [6, 6.07) is 19.5. The summed E-state index contributed by atoms with van der Waals surface area (Å²) in [7, 11) is 0. The van der Waals surface area contributed by atoms with Crippen LogP contribution in [0.15, 0.2) is 60.7 Å². The van der Waals surface area contributed by atoms with E-state index in [1.807, 2.05) is 24.3 Å². The zero-order valence-corrected chi connectivity index (χ0v) is 13.5. The number of piperazine rings is 1. The highest BCUT2D eigenvalue weighted by atomic mass is 19.1. The topological polar surface area (TPSA) is 28.2 Å². The SMILES string of the molecule is Fc1cccc(C2CNCCN2Cc2ccc3ccccc3n2)c1. The van der Waals surface area contributed by atoms with E-state index >= 15 is 0 Å². The fourth-order valence-corrected chi connectivity index (χ4v) is 3.38. The summed E-state index contributed by atoms with van der Waals surface area (Å²) >= 11 is 0. The summed E-state index contributed by atoms with van der Waals surface area (Å²) in [5.41, 5.74) is 3.09. The predicted molar refractivity (Wildman–Crippen MR) is 94.2 cm³/mol. The van der Waals surface area contributed by atoms with Crippen LogP contribution < -0.4 is 5.32 Å². The first-order valence-electron chi connectivity index (χ1n) is 8.34. The number of rotatable bonds is 3. The van der Waals surface area contributed by atoms with Crippen LogP contribution in [0.5, 0.6) is 0 Å². The van der Waals surface area contributed by atoms with E-state index in [1.54, 1.807) is 12.1 Å². The number of nitrogens with zero attached hydrogens (tertiary/aromatic N) is 2. The summed E-state index contributed by atoms with van der Waals surface area (Å²) in [6.07, 6.45) is 0. The summed E-state index contributed by atoms with van der Waals surface area (Å²) in [5, 5.41) is 4.57. The molecule has 1 unspecified atom stereocenters. The number of hydrogen-bond acceptors (Lipinski definition) is 3. The molecule has 0 saturated carbocycles. The van der Waals surface area contributed by atoms with Crippen LogP contribution in [-0.2, 0) is 6.54 Å². The molecule has 1 saturated heterocycles. The van der Waals surface area contributed by atoms with Crippen LogP contribution in [0.4, 0.5) is 4.39 Å². The Bertz CT molecular complexity index is 849. The molecular weight excluding hydrogens is 301 g/mol. The molecule has 1 fully saturated rings. The average Bonchev–Trinajstić information content (AvgIpc) is 2.62. The summed E-state index contributed by atoms with van der Waals surface area (Å²) in [5.74, 6) is -0.179. The molecule has 122 valence electrons. The molecule has 0 amide bonds. The quantitative estimate of drug-likeness (QED) is 0.800. The van der Waals surface area contributed by atoms with Gasteiger partial charge in [0.05, 0.1) is 11.2 Å². The van der Waals surface area contributed by atoms with Gasteiger partial charge < -0.3 is 5.32 Å². The van der Waals surface area contributed by atoms with Gasteiger partial charge in [0.1, 0.15) is 5.82 Å². The van der Waals surface area contributed by atoms with E-state index in [0.717, 1.165) is 48.3 Å². The van der Waals surface area contributed by atoms with Crippen molar-refractivity contribution in [2.75, 3.05) is 19.6 Å². The van der Waals surface area contributed by atoms with E-state index in [0.29, 0.717) is 0 Å². The molecule has 2 heterocycles. The fourth-order valence-electron chi connectivity index (χ4n) is 3.38. The monoisotopic (exact) mass is 321 g/mol. The zero-order valence-electron chi connectivity index (χ0n) is 13.5. The van der Waals surface area contributed by atoms with Crippen molar-refractivity contribution in [2.24, 2.45) is 0 Å². The Hall–Kier alpha value is -2.30. The van der Waals surface area contributed by atoms with E-state index in [2.05, 4.69) is 28.4 Å². The highest BCUT2D eigenvalue weighted by Gasteiger charge is 2.24. The Morgan fingerprint density at radius 3 is 2.92 bits per heavy atom. The van der Waals surface area contributed by atoms with Crippen molar-refractivity contribution in [3.63, 3.8) is 0 Å². The van der Waals surface area contributed by atoms with E-state index in [-0.39, 0.29) is 11.9 Å². The number of benzene rings is 2. The second-order valence-corrected chi connectivity index (χ2v) is 6.24. The average molecular weight is 321 g/mol. The standard InChI is InChI=1S/C20H20FN3/c21-17-6-3-5-16(12-17)20-13-22-10-11-24(20)14-18-9-8-15-4-1-2-7-19(15)23-18/h1-9,12,20,22H,10-11,13-14H2. The molecule has 24 heavy (non-hydrogen) atoms. The summed E-state index contributed by atoms with van der Waals surface area (Å²) in [4.78, 5) is 7.16. The molecule has 1 aliphatic heterocycles. The number of fused-ring (bicyclic) bond motifs is 1. The van der Waals surface area contributed by atoms with Crippen molar-refractivity contribution >= 4 is 10.9 Å². The van der Waals surface area contributed by atoms with Gasteiger partial charge in [-0.1, -0.05) is 36.4 Å². The van der Waals surface area contributed by atoms with Gasteiger partial charge in [0.25, 0.3) is 0 Å². The summed E-state index contributed by atoms with van der Waals surface area (Å²) < 4.78 is 13.6. The molecule has 0 aliphatic carbocycles. The third-order valence-electron chi connectivity index (χ3n) is 4.61. The Morgan fingerprint density at radius 1 is 1.08 bits per heavy atom. The minimum absolute atomic E-state index is 0.169. The van der Waals surface area contributed by atoms with Gasteiger partial charge in [0.2, 0.25) is 0 Å². The van der Waals surface area contributed by atoms with Crippen LogP contribution in [0.2, 0.25) is 0 Å². The molecule has 1 aromatic heterocycles. The van der Waals surface area contributed by atoms with Gasteiger partial charge in [-0.2, -0.15) is 0 Å². The number of halogens is 1. The Balaban J connectivity index is 1.60. The van der Waals surface area contributed by atoms with Crippen molar-refractivity contribution in [3.05, 3.63) is 77.7 Å². The van der Waals surface area contributed by atoms with Crippen LogP contribution in [0.25, 0.3) is 10.9 Å². The number of pyridine rings is 1. The molecule has 4 heteroatoms. The lowest BCUT2D eigenvalue weighted by Gasteiger charge is -2.36. The predicted octanol–water partition coefficient (Wildman–Crippen LogP) is 3.52. The Morgan fingerprint density at radius 2 is 2.00 bits per heavy atom. The van der Waals surface area contributed by atoms with E-state index < -0.39 is 0 Å². The van der Waals surface area contributed by atoms with Gasteiger partial charge in [0.15, 0.2) is 0 Å². The van der Waals surface area contributed by atoms with Gasteiger partial charge in [-0.15, -0.1) is 0 Å². The first kappa shape index (κ1) is 15.2. The first-order valence-corrected chi connectivity index (χ1v) is 8.34. The van der Waals surface area contributed by atoms with Crippen LogP contribution in [0.1, 0.15) is 17.3 Å². The third-order valence-corrected chi connectivity index (χ3v) is 4.61. The second-order valence-electron chi connectivity index (χ2n) is 6.24. The lowest BCUT2D eigenvalue weighted by Crippen LogP contribution is -2.45. The number of aromatic nitrogens is 1. The molecule has 3 aromatic rings. The minimum Gasteiger partial charge on any atom is -0.314 e. The van der Waals surface area contributed by atoms with Gasteiger partial charge >= 0.3 is 0 Å². The highest BCUT2D eigenvalue weighted by Crippen LogP contribution is 2.25. The maximum Gasteiger partial charge on any atom is 0.123 e. The van der Waals surface area contributed by atoms with Crippen LogP contribution >= 0.6 is 0 Å². The van der Waals surface area contributed by atoms with Gasteiger partial charge in [0, 0.05) is 37.6 Å². The van der Waals surface area contributed by atoms with E-state index in [4.69, 9.17) is 4.98 Å². The Kier molecular flexibility index (Phi) is 4.24. The molecule has 1 N–H and O–H groups in total. The zero-order chi connectivity index (χ0) is 16.4. The fraction of sp³-hybridized carbons (Fsp3) is 0.250. The molecule has 0 bridgehead atoms. The summed E-state index contributed by atoms with van der Waals surface area (Å²) in [6.45, 7) is 3.47. The largest absolute Gasteiger partial charge is 0.314 e. The smallest absolute Gasteiger partial charge is 0.123 e. The van der Waals surface area contributed by atoms with E-state index in [1.165, 1.54) is 6.07 Å². The molecule has 0 spiro atoms. The second kappa shape index (κ2) is 6.67.